The maximum atomic E-state index is 14.5. The molecule has 0 radical (unpaired) electrons. The highest BCUT2D eigenvalue weighted by molar-refractivity contribution is 7.92. The second kappa shape index (κ2) is 15.2. The summed E-state index contributed by atoms with van der Waals surface area (Å²) in [5.74, 6) is -0.907. The van der Waals surface area contributed by atoms with Crippen LogP contribution in [0.25, 0.3) is 0 Å². The molecule has 44 heavy (non-hydrogen) atoms. The number of nitrogens with zero attached hydrogens (tertiary/aromatic N) is 2. The van der Waals surface area contributed by atoms with E-state index in [9.17, 15) is 18.0 Å². The summed E-state index contributed by atoms with van der Waals surface area (Å²) in [5, 5.41) is 3.16. The maximum Gasteiger partial charge on any atom is 0.264 e. The van der Waals surface area contributed by atoms with Crippen LogP contribution in [0.3, 0.4) is 0 Å². The van der Waals surface area contributed by atoms with Gasteiger partial charge in [0.05, 0.1) is 20.6 Å². The van der Waals surface area contributed by atoms with Crippen molar-refractivity contribution in [2.45, 2.75) is 50.2 Å². The Bertz CT molecular complexity index is 1660. The molecule has 230 valence electrons. The van der Waals surface area contributed by atoms with Gasteiger partial charge in [0.2, 0.25) is 11.8 Å². The van der Waals surface area contributed by atoms with Crippen LogP contribution in [0.15, 0.2) is 114 Å². The van der Waals surface area contributed by atoms with Crippen LogP contribution >= 0.6 is 23.2 Å². The number of halogens is 2. The van der Waals surface area contributed by atoms with Crippen LogP contribution < -0.4 is 9.62 Å². The van der Waals surface area contributed by atoms with Crippen molar-refractivity contribution in [2.24, 2.45) is 0 Å². The lowest BCUT2D eigenvalue weighted by atomic mass is 10.0. The van der Waals surface area contributed by atoms with Crippen LogP contribution in [0.1, 0.15) is 31.4 Å². The molecule has 7 nitrogen and oxygen atoms in total. The highest BCUT2D eigenvalue weighted by atomic mass is 35.5. The summed E-state index contributed by atoms with van der Waals surface area (Å²) in [5.41, 5.74) is 1.70. The molecule has 0 heterocycles. The average Bonchev–Trinajstić information content (AvgIpc) is 3.04. The van der Waals surface area contributed by atoms with Crippen molar-refractivity contribution in [2.75, 3.05) is 10.8 Å². The van der Waals surface area contributed by atoms with Gasteiger partial charge < -0.3 is 10.2 Å². The number of amides is 2. The first kappa shape index (κ1) is 33.1. The predicted molar refractivity (Wildman–Crippen MR) is 176 cm³/mol. The van der Waals surface area contributed by atoms with Gasteiger partial charge in [-0.1, -0.05) is 115 Å². The van der Waals surface area contributed by atoms with Gasteiger partial charge in [-0.25, -0.2) is 8.42 Å². The molecule has 2 amide bonds. The van der Waals surface area contributed by atoms with Crippen molar-refractivity contribution in [3.8, 4) is 0 Å². The van der Waals surface area contributed by atoms with Gasteiger partial charge in [0.15, 0.2) is 0 Å². The molecule has 0 spiro atoms. The summed E-state index contributed by atoms with van der Waals surface area (Å²) >= 11 is 12.8. The van der Waals surface area contributed by atoms with E-state index >= 15 is 0 Å². The zero-order valence-electron chi connectivity index (χ0n) is 24.6. The van der Waals surface area contributed by atoms with Gasteiger partial charge in [0.25, 0.3) is 10.0 Å². The summed E-state index contributed by atoms with van der Waals surface area (Å²) in [7, 11) is -4.28. The minimum absolute atomic E-state index is 0.00793. The van der Waals surface area contributed by atoms with Crippen molar-refractivity contribution in [1.82, 2.24) is 10.2 Å². The number of rotatable bonds is 13. The zero-order valence-corrected chi connectivity index (χ0v) is 26.9. The van der Waals surface area contributed by atoms with E-state index < -0.39 is 28.5 Å². The van der Waals surface area contributed by atoms with Crippen molar-refractivity contribution < 1.29 is 18.0 Å². The van der Waals surface area contributed by atoms with Crippen molar-refractivity contribution >= 4 is 50.7 Å². The molecule has 2 unspecified atom stereocenters. The SMILES string of the molecule is CCC(C)NC(=O)C(Cc1ccccc1)N(Cc1ccccc1)C(=O)CN(c1cccc(Cl)c1Cl)S(=O)(=O)c1ccccc1. The normalized spacial score (nSPS) is 12.6. The maximum absolute atomic E-state index is 14.5. The van der Waals surface area contributed by atoms with Crippen LogP contribution in [0.2, 0.25) is 10.0 Å². The first-order valence-corrected chi connectivity index (χ1v) is 16.5. The van der Waals surface area contributed by atoms with Gasteiger partial charge in [0, 0.05) is 19.0 Å². The Morgan fingerprint density at radius 2 is 1.36 bits per heavy atom. The third-order valence-electron chi connectivity index (χ3n) is 7.28. The summed E-state index contributed by atoms with van der Waals surface area (Å²) < 4.78 is 29.1. The minimum Gasteiger partial charge on any atom is -0.352 e. The van der Waals surface area contributed by atoms with Gasteiger partial charge in [-0.05, 0) is 48.7 Å². The molecule has 4 aromatic carbocycles. The molecule has 0 aliphatic carbocycles. The molecule has 4 aromatic rings. The van der Waals surface area contributed by atoms with Crippen LogP contribution in [-0.2, 0) is 32.6 Å². The summed E-state index contributed by atoms with van der Waals surface area (Å²) in [6.07, 6.45) is 0.928. The van der Waals surface area contributed by atoms with Gasteiger partial charge in [-0.3, -0.25) is 13.9 Å². The zero-order chi connectivity index (χ0) is 31.7. The van der Waals surface area contributed by atoms with Crippen LogP contribution in [0.4, 0.5) is 5.69 Å². The number of nitrogens with one attached hydrogen (secondary N) is 1. The number of carbonyl (C=O) groups excluding carboxylic acids is 2. The Morgan fingerprint density at radius 3 is 1.95 bits per heavy atom. The fourth-order valence-electron chi connectivity index (χ4n) is 4.69. The van der Waals surface area contributed by atoms with Crippen LogP contribution in [-0.4, -0.2) is 43.8 Å². The Kier molecular flexibility index (Phi) is 11.4. The largest absolute Gasteiger partial charge is 0.352 e. The first-order valence-electron chi connectivity index (χ1n) is 14.3. The Hall–Kier alpha value is -3.85. The van der Waals surface area contributed by atoms with Crippen molar-refractivity contribution in [1.29, 1.82) is 0 Å². The van der Waals surface area contributed by atoms with Gasteiger partial charge in [0.1, 0.15) is 12.6 Å². The molecule has 0 bridgehead atoms. The number of carbonyl (C=O) groups is 2. The highest BCUT2D eigenvalue weighted by Crippen LogP contribution is 2.35. The van der Waals surface area contributed by atoms with E-state index in [-0.39, 0.29) is 45.5 Å². The average molecular weight is 653 g/mol. The summed E-state index contributed by atoms with van der Waals surface area (Å²) in [4.78, 5) is 29.7. The molecule has 10 heteroatoms. The fraction of sp³-hybridized carbons (Fsp3) is 0.235. The molecule has 1 N–H and O–H groups in total. The monoisotopic (exact) mass is 651 g/mol. The van der Waals surface area contributed by atoms with E-state index in [1.54, 1.807) is 30.3 Å². The number of hydrogen-bond acceptors (Lipinski definition) is 4. The Balaban J connectivity index is 1.82. The Morgan fingerprint density at radius 1 is 0.795 bits per heavy atom. The molecule has 0 aromatic heterocycles. The molecule has 0 aliphatic rings. The molecule has 0 aliphatic heterocycles. The minimum atomic E-state index is -4.28. The quantitative estimate of drug-likeness (QED) is 0.173. The second-order valence-electron chi connectivity index (χ2n) is 10.4. The van der Waals surface area contributed by atoms with Gasteiger partial charge in [-0.2, -0.15) is 0 Å². The predicted octanol–water partition coefficient (Wildman–Crippen LogP) is 6.74. The molecule has 0 fully saturated rings. The third-order valence-corrected chi connectivity index (χ3v) is 9.86. The Labute approximate surface area is 269 Å². The van der Waals surface area contributed by atoms with E-state index in [0.29, 0.717) is 6.42 Å². The van der Waals surface area contributed by atoms with E-state index in [2.05, 4.69) is 5.32 Å². The molecule has 4 rings (SSSR count). The standard InChI is InChI=1S/C34H35Cl2N3O4S/c1-3-25(2)37-34(41)31(22-26-14-7-4-8-15-26)38(23-27-16-9-5-10-17-27)32(40)24-39(30-21-13-20-29(35)33(30)36)44(42,43)28-18-11-6-12-19-28/h4-21,25,31H,3,22-24H2,1-2H3,(H,37,41). The first-order chi connectivity index (χ1) is 21.1. The fourth-order valence-corrected chi connectivity index (χ4v) is 6.59. The lowest BCUT2D eigenvalue weighted by molar-refractivity contribution is -0.140. The highest BCUT2D eigenvalue weighted by Gasteiger charge is 2.35. The number of anilines is 1. The summed E-state index contributed by atoms with van der Waals surface area (Å²) in [6, 6.07) is 30.0. The molecular formula is C34H35Cl2N3O4S. The van der Waals surface area contributed by atoms with E-state index in [1.165, 1.54) is 23.1 Å². The van der Waals surface area contributed by atoms with Gasteiger partial charge in [-0.15, -0.1) is 0 Å². The molecule has 2 atom stereocenters. The molecule has 0 saturated heterocycles. The number of sulfonamides is 1. The second-order valence-corrected chi connectivity index (χ2v) is 13.1. The van der Waals surface area contributed by atoms with Crippen molar-refractivity contribution in [3.63, 3.8) is 0 Å². The number of hydrogen-bond donors (Lipinski definition) is 1. The smallest absolute Gasteiger partial charge is 0.264 e. The van der Waals surface area contributed by atoms with Crippen LogP contribution in [0, 0.1) is 0 Å². The van der Waals surface area contributed by atoms with Gasteiger partial charge >= 0.3 is 0 Å². The van der Waals surface area contributed by atoms with E-state index in [4.69, 9.17) is 23.2 Å². The third kappa shape index (κ3) is 8.20. The summed E-state index contributed by atoms with van der Waals surface area (Å²) in [6.45, 7) is 3.32. The topological polar surface area (TPSA) is 86.8 Å². The van der Waals surface area contributed by atoms with E-state index in [1.807, 2.05) is 74.5 Å². The van der Waals surface area contributed by atoms with Crippen molar-refractivity contribution in [3.05, 3.63) is 130 Å². The van der Waals surface area contributed by atoms with Crippen LogP contribution in [0.5, 0.6) is 0 Å². The number of benzene rings is 4. The lowest BCUT2D eigenvalue weighted by Gasteiger charge is -2.34. The van der Waals surface area contributed by atoms with E-state index in [0.717, 1.165) is 15.4 Å². The lowest BCUT2D eigenvalue weighted by Crippen LogP contribution is -2.54. The molecule has 0 saturated carbocycles. The molecular weight excluding hydrogens is 617 g/mol.